The Morgan fingerprint density at radius 1 is 1.46 bits per heavy atom. The van der Waals surface area contributed by atoms with Crippen LogP contribution in [0.15, 0.2) is 17.7 Å². The number of halogens is 1. The van der Waals surface area contributed by atoms with Crippen molar-refractivity contribution in [1.29, 1.82) is 0 Å². The number of carbonyl (C=O) groups is 2. The Hall–Kier alpha value is -2.57. The van der Waals surface area contributed by atoms with Crippen LogP contribution in [0.5, 0.6) is 0 Å². The Kier molecular flexibility index (Phi) is 3.95. The Morgan fingerprint density at radius 3 is 2.67 bits per heavy atom. The summed E-state index contributed by atoms with van der Waals surface area (Å²) in [6.45, 7) is 3.18. The molecule has 0 radical (unpaired) electrons. The van der Waals surface area contributed by atoms with Gasteiger partial charge in [0.2, 0.25) is 11.6 Å². The fourth-order valence-electron chi connectivity index (χ4n) is 3.22. The molecule has 7 heteroatoms. The van der Waals surface area contributed by atoms with Crippen LogP contribution in [0, 0.1) is 28.8 Å². The smallest absolute Gasteiger partial charge is 0.341 e. The van der Waals surface area contributed by atoms with Crippen molar-refractivity contribution in [1.82, 2.24) is 0 Å². The number of ketones is 1. The van der Waals surface area contributed by atoms with Gasteiger partial charge in [-0.3, -0.25) is 14.9 Å². The molecule has 1 aromatic rings. The van der Waals surface area contributed by atoms with Crippen molar-refractivity contribution in [3.63, 3.8) is 0 Å². The van der Waals surface area contributed by atoms with Crippen molar-refractivity contribution in [2.75, 3.05) is 6.61 Å². The number of allylic oxidation sites excluding steroid dienone is 1. The average Bonchev–Trinajstić information content (AvgIpc) is 3.35. The van der Waals surface area contributed by atoms with Gasteiger partial charge in [-0.15, -0.1) is 0 Å². The third kappa shape index (κ3) is 2.50. The SMILES string of the molecule is CCOC(=O)C1=CC(C2CC2)c2c(cc([N+](=O)[O-])c(F)c2C)C1=O. The largest absolute Gasteiger partial charge is 0.462 e. The molecule has 0 aliphatic heterocycles. The first-order valence-electron chi connectivity index (χ1n) is 7.77. The Bertz CT molecular complexity index is 795. The Balaban J connectivity index is 2.20. The normalized spacial score (nSPS) is 19.5. The summed E-state index contributed by atoms with van der Waals surface area (Å²) in [5.74, 6) is -2.41. The maximum Gasteiger partial charge on any atom is 0.341 e. The van der Waals surface area contributed by atoms with E-state index in [4.69, 9.17) is 4.74 Å². The molecule has 6 nitrogen and oxygen atoms in total. The van der Waals surface area contributed by atoms with E-state index in [0.717, 1.165) is 18.9 Å². The van der Waals surface area contributed by atoms with Crippen LogP contribution >= 0.6 is 0 Å². The molecule has 0 spiro atoms. The lowest BCUT2D eigenvalue weighted by molar-refractivity contribution is -0.387. The number of nitro groups is 1. The molecule has 24 heavy (non-hydrogen) atoms. The molecule has 0 saturated heterocycles. The second kappa shape index (κ2) is 5.81. The molecule has 2 aliphatic rings. The molecule has 1 atom stereocenters. The van der Waals surface area contributed by atoms with Gasteiger partial charge in [-0.1, -0.05) is 6.08 Å². The van der Waals surface area contributed by atoms with Crippen LogP contribution in [0.25, 0.3) is 0 Å². The molecule has 0 bridgehead atoms. The van der Waals surface area contributed by atoms with Crippen LogP contribution in [-0.4, -0.2) is 23.3 Å². The predicted octanol–water partition coefficient (Wildman–Crippen LogP) is 3.22. The van der Waals surface area contributed by atoms with E-state index in [1.807, 2.05) is 0 Å². The number of ether oxygens (including phenoxy) is 1. The average molecular weight is 333 g/mol. The molecule has 1 unspecified atom stereocenters. The highest BCUT2D eigenvalue weighted by atomic mass is 19.1. The summed E-state index contributed by atoms with van der Waals surface area (Å²) in [7, 11) is 0. The first kappa shape index (κ1) is 16.3. The molecule has 1 saturated carbocycles. The molecule has 0 heterocycles. The molecule has 3 rings (SSSR count). The van der Waals surface area contributed by atoms with Crippen molar-refractivity contribution in [3.05, 3.63) is 50.3 Å². The number of nitrogens with zero attached hydrogens (tertiary/aromatic N) is 1. The minimum atomic E-state index is -0.926. The molecular weight excluding hydrogens is 317 g/mol. The molecule has 126 valence electrons. The third-order valence-electron chi connectivity index (χ3n) is 4.52. The van der Waals surface area contributed by atoms with E-state index in [9.17, 15) is 24.1 Å². The Labute approximate surface area is 137 Å². The van der Waals surface area contributed by atoms with E-state index >= 15 is 0 Å². The highest BCUT2D eigenvalue weighted by Crippen LogP contribution is 2.49. The van der Waals surface area contributed by atoms with E-state index < -0.39 is 28.2 Å². The first-order chi connectivity index (χ1) is 11.4. The number of rotatable bonds is 4. The lowest BCUT2D eigenvalue weighted by Gasteiger charge is -2.25. The first-order valence-corrected chi connectivity index (χ1v) is 7.77. The van der Waals surface area contributed by atoms with Crippen LogP contribution in [0.1, 0.15) is 47.2 Å². The second-order valence-electron chi connectivity index (χ2n) is 6.05. The molecule has 0 N–H and O–H groups in total. The summed E-state index contributed by atoms with van der Waals surface area (Å²) in [6.07, 6.45) is 3.35. The van der Waals surface area contributed by atoms with Crippen LogP contribution in [0.4, 0.5) is 10.1 Å². The number of carbonyl (C=O) groups excluding carboxylic acids is 2. The summed E-state index contributed by atoms with van der Waals surface area (Å²) in [5.41, 5.74) is -0.286. The monoisotopic (exact) mass is 333 g/mol. The van der Waals surface area contributed by atoms with E-state index in [-0.39, 0.29) is 35.1 Å². The van der Waals surface area contributed by atoms with E-state index in [0.29, 0.717) is 5.56 Å². The number of Topliss-reactive ketones (excluding diaryl/α,β-unsaturated/α-hetero) is 1. The lowest BCUT2D eigenvalue weighted by atomic mass is 9.78. The van der Waals surface area contributed by atoms with Gasteiger partial charge >= 0.3 is 11.7 Å². The fourth-order valence-corrected chi connectivity index (χ4v) is 3.22. The molecule has 0 aromatic heterocycles. The topological polar surface area (TPSA) is 86.5 Å². The maximum atomic E-state index is 14.3. The van der Waals surface area contributed by atoms with Gasteiger partial charge in [0.05, 0.1) is 11.5 Å². The number of fused-ring (bicyclic) bond motifs is 1. The van der Waals surface area contributed by atoms with Gasteiger partial charge < -0.3 is 4.74 Å². The number of hydrogen-bond donors (Lipinski definition) is 0. The van der Waals surface area contributed by atoms with Crippen molar-refractivity contribution < 1.29 is 23.6 Å². The quantitative estimate of drug-likeness (QED) is 0.365. The number of nitro benzene ring substituents is 1. The van der Waals surface area contributed by atoms with Crippen LogP contribution in [0.2, 0.25) is 0 Å². The van der Waals surface area contributed by atoms with Crippen LogP contribution in [0.3, 0.4) is 0 Å². The van der Waals surface area contributed by atoms with Crippen molar-refractivity contribution >= 4 is 17.4 Å². The van der Waals surface area contributed by atoms with Crippen molar-refractivity contribution in [2.45, 2.75) is 32.6 Å². The fraction of sp³-hybridized carbons (Fsp3) is 0.412. The molecule has 1 fully saturated rings. The van der Waals surface area contributed by atoms with Crippen LogP contribution < -0.4 is 0 Å². The van der Waals surface area contributed by atoms with Crippen LogP contribution in [-0.2, 0) is 9.53 Å². The summed E-state index contributed by atoms with van der Waals surface area (Å²) in [5, 5.41) is 11.1. The highest BCUT2D eigenvalue weighted by Gasteiger charge is 2.42. The minimum absolute atomic E-state index is 0.0306. The Morgan fingerprint density at radius 2 is 2.12 bits per heavy atom. The zero-order valence-electron chi connectivity index (χ0n) is 13.3. The minimum Gasteiger partial charge on any atom is -0.462 e. The van der Waals surface area contributed by atoms with Crippen molar-refractivity contribution in [2.24, 2.45) is 5.92 Å². The van der Waals surface area contributed by atoms with Gasteiger partial charge in [-0.25, -0.2) is 4.79 Å². The molecule has 1 aromatic carbocycles. The number of benzene rings is 1. The summed E-state index contributed by atoms with van der Waals surface area (Å²) in [6, 6.07) is 0.946. The van der Waals surface area contributed by atoms with E-state index in [2.05, 4.69) is 0 Å². The van der Waals surface area contributed by atoms with Gasteiger partial charge in [0.15, 0.2) is 0 Å². The third-order valence-corrected chi connectivity index (χ3v) is 4.52. The molecule has 2 aliphatic carbocycles. The van der Waals surface area contributed by atoms with Crippen molar-refractivity contribution in [3.8, 4) is 0 Å². The number of esters is 1. The van der Waals surface area contributed by atoms with Gasteiger partial charge in [-0.05, 0) is 43.7 Å². The van der Waals surface area contributed by atoms with E-state index in [1.165, 1.54) is 6.92 Å². The predicted molar refractivity (Wildman–Crippen MR) is 82.3 cm³/mol. The second-order valence-corrected chi connectivity index (χ2v) is 6.05. The van der Waals surface area contributed by atoms with Gasteiger partial charge in [0.25, 0.3) is 0 Å². The standard InChI is InChI=1S/C17H16FNO5/c1-3-24-17(21)12-6-10(9-4-5-9)14-8(2)15(18)13(19(22)23)7-11(14)16(12)20/h6-7,9-10H,3-5H2,1-2H3. The number of hydrogen-bond acceptors (Lipinski definition) is 5. The lowest BCUT2D eigenvalue weighted by Crippen LogP contribution is -2.25. The molecular formula is C17H16FNO5. The van der Waals surface area contributed by atoms with Gasteiger partial charge in [0.1, 0.15) is 5.57 Å². The van der Waals surface area contributed by atoms with Gasteiger partial charge in [0, 0.05) is 17.5 Å². The highest BCUT2D eigenvalue weighted by molar-refractivity contribution is 6.26. The van der Waals surface area contributed by atoms with E-state index in [1.54, 1.807) is 13.0 Å². The molecule has 0 amide bonds. The zero-order chi connectivity index (χ0) is 17.6. The maximum absolute atomic E-state index is 14.3. The summed E-state index contributed by atoms with van der Waals surface area (Å²) >= 11 is 0. The zero-order valence-corrected chi connectivity index (χ0v) is 13.3. The summed E-state index contributed by atoms with van der Waals surface area (Å²) < 4.78 is 19.2. The summed E-state index contributed by atoms with van der Waals surface area (Å²) in [4.78, 5) is 34.9. The van der Waals surface area contributed by atoms with Gasteiger partial charge in [-0.2, -0.15) is 4.39 Å².